The Morgan fingerprint density at radius 3 is 2.05 bits per heavy atom. The van der Waals surface area contributed by atoms with Crippen LogP contribution in [0.15, 0.2) is 0 Å². The molecule has 6 nitrogen and oxygen atoms in total. The summed E-state index contributed by atoms with van der Waals surface area (Å²) in [5.74, 6) is -1.53. The van der Waals surface area contributed by atoms with E-state index in [-0.39, 0.29) is 18.2 Å². The van der Waals surface area contributed by atoms with E-state index in [1.807, 2.05) is 27.7 Å². The molecular formula is C14H27N3O3. The molecule has 4 N–H and O–H groups in total. The molecule has 0 fully saturated rings. The van der Waals surface area contributed by atoms with E-state index in [4.69, 9.17) is 5.73 Å². The number of primary amides is 1. The summed E-state index contributed by atoms with van der Waals surface area (Å²) in [7, 11) is 1.53. The molecule has 0 aliphatic carbocycles. The second-order valence-corrected chi connectivity index (χ2v) is 6.08. The van der Waals surface area contributed by atoms with Crippen molar-refractivity contribution in [1.29, 1.82) is 0 Å². The first-order valence-electron chi connectivity index (χ1n) is 6.93. The second-order valence-electron chi connectivity index (χ2n) is 6.08. The van der Waals surface area contributed by atoms with Crippen LogP contribution in [0.5, 0.6) is 0 Å². The van der Waals surface area contributed by atoms with Gasteiger partial charge >= 0.3 is 0 Å². The van der Waals surface area contributed by atoms with E-state index in [1.54, 1.807) is 0 Å². The van der Waals surface area contributed by atoms with Crippen LogP contribution in [0.4, 0.5) is 0 Å². The standard InChI is InChI=1S/C14H27N3O3/c1-6-7-9(8-10(15)18)12(19)17-11(13(20)16-5)14(2,3)4/h9,11H,6-8H2,1-5H3,(H2,15,18)(H,16,20)(H,17,19)/t9?,11-/m1/s1. The highest BCUT2D eigenvalue weighted by atomic mass is 16.2. The van der Waals surface area contributed by atoms with Crippen molar-refractivity contribution in [3.05, 3.63) is 0 Å². The number of carbonyl (C=O) groups excluding carboxylic acids is 3. The Labute approximate surface area is 120 Å². The van der Waals surface area contributed by atoms with E-state index < -0.39 is 23.3 Å². The van der Waals surface area contributed by atoms with Crippen molar-refractivity contribution in [2.24, 2.45) is 17.1 Å². The van der Waals surface area contributed by atoms with Crippen LogP contribution in [0, 0.1) is 11.3 Å². The Hall–Kier alpha value is -1.59. The minimum absolute atomic E-state index is 0.00425. The van der Waals surface area contributed by atoms with E-state index >= 15 is 0 Å². The maximum Gasteiger partial charge on any atom is 0.242 e. The summed E-state index contributed by atoms with van der Waals surface area (Å²) in [6, 6.07) is -0.646. The minimum atomic E-state index is -0.646. The van der Waals surface area contributed by atoms with Gasteiger partial charge in [0.1, 0.15) is 6.04 Å². The first kappa shape index (κ1) is 18.4. The summed E-state index contributed by atoms with van der Waals surface area (Å²) < 4.78 is 0. The van der Waals surface area contributed by atoms with Crippen LogP contribution in [0.1, 0.15) is 47.0 Å². The smallest absolute Gasteiger partial charge is 0.242 e. The summed E-state index contributed by atoms with van der Waals surface area (Å²) in [5.41, 5.74) is 4.75. The lowest BCUT2D eigenvalue weighted by molar-refractivity contribution is -0.134. The van der Waals surface area contributed by atoms with Crippen LogP contribution in [0.25, 0.3) is 0 Å². The predicted octanol–water partition coefficient (Wildman–Crippen LogP) is 0.555. The molecule has 3 amide bonds. The molecular weight excluding hydrogens is 258 g/mol. The average Bonchev–Trinajstić information content (AvgIpc) is 2.32. The lowest BCUT2D eigenvalue weighted by Crippen LogP contribution is -2.54. The Balaban J connectivity index is 4.96. The molecule has 0 aliphatic heterocycles. The molecule has 0 aromatic carbocycles. The molecule has 1 unspecified atom stereocenters. The minimum Gasteiger partial charge on any atom is -0.370 e. The number of rotatable bonds is 7. The molecule has 0 bridgehead atoms. The maximum absolute atomic E-state index is 12.2. The first-order chi connectivity index (χ1) is 9.13. The van der Waals surface area contributed by atoms with Crippen LogP contribution in [0.3, 0.4) is 0 Å². The number of likely N-dealkylation sites (N-methyl/N-ethyl adjacent to an activating group) is 1. The van der Waals surface area contributed by atoms with Crippen LogP contribution >= 0.6 is 0 Å². The van der Waals surface area contributed by atoms with Crippen LogP contribution in [0.2, 0.25) is 0 Å². The first-order valence-corrected chi connectivity index (χ1v) is 6.93. The van der Waals surface area contributed by atoms with Gasteiger partial charge in [0.25, 0.3) is 0 Å². The van der Waals surface area contributed by atoms with Crippen molar-refractivity contribution in [1.82, 2.24) is 10.6 Å². The third-order valence-electron chi connectivity index (χ3n) is 3.12. The average molecular weight is 285 g/mol. The van der Waals surface area contributed by atoms with Crippen LogP contribution in [-0.2, 0) is 14.4 Å². The zero-order chi connectivity index (χ0) is 15.9. The monoisotopic (exact) mass is 285 g/mol. The molecule has 20 heavy (non-hydrogen) atoms. The van der Waals surface area contributed by atoms with E-state index in [1.165, 1.54) is 7.05 Å². The van der Waals surface area contributed by atoms with E-state index in [0.29, 0.717) is 6.42 Å². The molecule has 0 heterocycles. The van der Waals surface area contributed by atoms with Gasteiger partial charge in [-0.3, -0.25) is 14.4 Å². The highest BCUT2D eigenvalue weighted by Crippen LogP contribution is 2.21. The Kier molecular flexibility index (Phi) is 7.24. The zero-order valence-electron chi connectivity index (χ0n) is 13.1. The van der Waals surface area contributed by atoms with Gasteiger partial charge in [-0.15, -0.1) is 0 Å². The summed E-state index contributed by atoms with van der Waals surface area (Å²) in [5, 5.41) is 5.28. The van der Waals surface area contributed by atoms with Gasteiger partial charge in [-0.1, -0.05) is 34.1 Å². The predicted molar refractivity (Wildman–Crippen MR) is 77.7 cm³/mol. The highest BCUT2D eigenvalue weighted by molar-refractivity contribution is 5.90. The van der Waals surface area contributed by atoms with Gasteiger partial charge < -0.3 is 16.4 Å². The normalized spacial score (nSPS) is 14.2. The second kappa shape index (κ2) is 7.87. The van der Waals surface area contributed by atoms with Gasteiger partial charge in [0, 0.05) is 19.4 Å². The molecule has 2 atom stereocenters. The van der Waals surface area contributed by atoms with Crippen molar-refractivity contribution in [3.63, 3.8) is 0 Å². The number of hydrogen-bond acceptors (Lipinski definition) is 3. The highest BCUT2D eigenvalue weighted by Gasteiger charge is 2.34. The van der Waals surface area contributed by atoms with Crippen LogP contribution in [-0.4, -0.2) is 30.8 Å². The molecule has 0 aromatic rings. The maximum atomic E-state index is 12.2. The van der Waals surface area contributed by atoms with Crippen molar-refractivity contribution in [2.75, 3.05) is 7.05 Å². The van der Waals surface area contributed by atoms with Gasteiger partial charge in [-0.2, -0.15) is 0 Å². The fourth-order valence-corrected chi connectivity index (χ4v) is 2.00. The quantitative estimate of drug-likeness (QED) is 0.637. The van der Waals surface area contributed by atoms with Crippen LogP contribution < -0.4 is 16.4 Å². The Morgan fingerprint density at radius 1 is 1.15 bits per heavy atom. The number of carbonyl (C=O) groups is 3. The third-order valence-corrected chi connectivity index (χ3v) is 3.12. The van der Waals surface area contributed by atoms with Crippen molar-refractivity contribution < 1.29 is 14.4 Å². The van der Waals surface area contributed by atoms with Gasteiger partial charge in [-0.25, -0.2) is 0 Å². The van der Waals surface area contributed by atoms with Gasteiger partial charge in [0.2, 0.25) is 17.7 Å². The summed E-state index contributed by atoms with van der Waals surface area (Å²) in [6.45, 7) is 7.55. The fraction of sp³-hybridized carbons (Fsp3) is 0.786. The molecule has 0 rings (SSSR count). The Bertz CT molecular complexity index is 361. The molecule has 0 spiro atoms. The van der Waals surface area contributed by atoms with Gasteiger partial charge in [-0.05, 0) is 11.8 Å². The number of nitrogens with two attached hydrogens (primary N) is 1. The van der Waals surface area contributed by atoms with Gasteiger partial charge in [0.05, 0.1) is 0 Å². The number of hydrogen-bond donors (Lipinski definition) is 3. The zero-order valence-corrected chi connectivity index (χ0v) is 13.1. The fourth-order valence-electron chi connectivity index (χ4n) is 2.00. The molecule has 0 aromatic heterocycles. The van der Waals surface area contributed by atoms with E-state index in [0.717, 1.165) is 6.42 Å². The summed E-state index contributed by atoms with van der Waals surface area (Å²) in [4.78, 5) is 35.2. The SMILES string of the molecule is CCCC(CC(N)=O)C(=O)N[C@H](C(=O)NC)C(C)(C)C. The van der Waals surface area contributed by atoms with Gasteiger partial charge in [0.15, 0.2) is 0 Å². The number of nitrogens with one attached hydrogen (secondary N) is 2. The largest absolute Gasteiger partial charge is 0.370 e. The molecule has 6 heteroatoms. The molecule has 116 valence electrons. The van der Waals surface area contributed by atoms with Crippen molar-refractivity contribution in [3.8, 4) is 0 Å². The Morgan fingerprint density at radius 2 is 1.70 bits per heavy atom. The lowest BCUT2D eigenvalue weighted by atomic mass is 9.85. The lowest BCUT2D eigenvalue weighted by Gasteiger charge is -2.31. The van der Waals surface area contributed by atoms with E-state index in [2.05, 4.69) is 10.6 Å². The van der Waals surface area contributed by atoms with Crippen molar-refractivity contribution in [2.45, 2.75) is 53.0 Å². The molecule has 0 aliphatic rings. The molecule has 0 saturated carbocycles. The van der Waals surface area contributed by atoms with E-state index in [9.17, 15) is 14.4 Å². The number of amides is 3. The molecule has 0 saturated heterocycles. The molecule has 0 radical (unpaired) electrons. The summed E-state index contributed by atoms with van der Waals surface area (Å²) in [6.07, 6.45) is 1.34. The third kappa shape index (κ3) is 6.04. The summed E-state index contributed by atoms with van der Waals surface area (Å²) >= 11 is 0. The van der Waals surface area contributed by atoms with Crippen molar-refractivity contribution >= 4 is 17.7 Å². The topological polar surface area (TPSA) is 101 Å².